The van der Waals surface area contributed by atoms with Crippen LogP contribution in [0.5, 0.6) is 0 Å². The standard InChI is InChI=1S/C11H17N5O3S2/c1-7(2)12-3-8-4-13-16-10(8)21(18,19)14-5-9-6-20-11(17)15-9/h4,6-7,12,14H,3,5H2,1-2H3,(H,13,16)(H,15,17). The summed E-state index contributed by atoms with van der Waals surface area (Å²) in [6, 6.07) is 0.235. The van der Waals surface area contributed by atoms with Crippen molar-refractivity contribution in [2.75, 3.05) is 0 Å². The van der Waals surface area contributed by atoms with Crippen LogP contribution in [0.15, 0.2) is 21.4 Å². The van der Waals surface area contributed by atoms with Gasteiger partial charge in [0.2, 0.25) is 0 Å². The van der Waals surface area contributed by atoms with E-state index in [2.05, 4.69) is 25.2 Å². The van der Waals surface area contributed by atoms with Crippen LogP contribution in [0.2, 0.25) is 0 Å². The zero-order valence-electron chi connectivity index (χ0n) is 11.6. The van der Waals surface area contributed by atoms with Crippen LogP contribution in [0, 0.1) is 0 Å². The highest BCUT2D eigenvalue weighted by molar-refractivity contribution is 7.89. The Morgan fingerprint density at radius 1 is 1.38 bits per heavy atom. The molecule has 116 valence electrons. The Balaban J connectivity index is 2.08. The highest BCUT2D eigenvalue weighted by Crippen LogP contribution is 2.12. The molecule has 0 fully saturated rings. The number of sulfonamides is 1. The van der Waals surface area contributed by atoms with Gasteiger partial charge in [0.15, 0.2) is 5.03 Å². The van der Waals surface area contributed by atoms with E-state index in [4.69, 9.17) is 0 Å². The van der Waals surface area contributed by atoms with Crippen LogP contribution < -0.4 is 14.9 Å². The van der Waals surface area contributed by atoms with Crippen molar-refractivity contribution in [3.8, 4) is 0 Å². The third kappa shape index (κ3) is 4.24. The highest BCUT2D eigenvalue weighted by atomic mass is 32.2. The molecule has 0 radical (unpaired) electrons. The largest absolute Gasteiger partial charge is 0.315 e. The average molecular weight is 331 g/mol. The molecule has 0 aromatic carbocycles. The van der Waals surface area contributed by atoms with Gasteiger partial charge in [0, 0.05) is 29.2 Å². The van der Waals surface area contributed by atoms with Crippen LogP contribution in [0.1, 0.15) is 25.1 Å². The third-order valence-electron chi connectivity index (χ3n) is 2.67. The van der Waals surface area contributed by atoms with Gasteiger partial charge in [-0.3, -0.25) is 9.89 Å². The van der Waals surface area contributed by atoms with Gasteiger partial charge in [0.1, 0.15) is 0 Å². The Kier molecular flexibility index (Phi) is 4.93. The van der Waals surface area contributed by atoms with Gasteiger partial charge in [0.25, 0.3) is 10.0 Å². The first kappa shape index (κ1) is 15.9. The first-order valence-electron chi connectivity index (χ1n) is 6.30. The summed E-state index contributed by atoms with van der Waals surface area (Å²) in [5, 5.41) is 11.0. The maximum absolute atomic E-state index is 12.2. The third-order valence-corrected chi connectivity index (χ3v) is 4.80. The van der Waals surface area contributed by atoms with Gasteiger partial charge in [-0.25, -0.2) is 13.1 Å². The number of rotatable bonds is 7. The molecule has 4 N–H and O–H groups in total. The summed E-state index contributed by atoms with van der Waals surface area (Å²) >= 11 is 0.991. The van der Waals surface area contributed by atoms with Gasteiger partial charge in [-0.15, -0.1) is 0 Å². The lowest BCUT2D eigenvalue weighted by Gasteiger charge is -2.09. The molecule has 0 aliphatic heterocycles. The van der Waals surface area contributed by atoms with E-state index in [1.54, 1.807) is 5.38 Å². The highest BCUT2D eigenvalue weighted by Gasteiger charge is 2.20. The zero-order valence-corrected chi connectivity index (χ0v) is 13.3. The van der Waals surface area contributed by atoms with E-state index in [1.165, 1.54) is 6.20 Å². The first-order valence-corrected chi connectivity index (χ1v) is 8.67. The van der Waals surface area contributed by atoms with Gasteiger partial charge in [-0.2, -0.15) is 5.10 Å². The molecular formula is C11H17N5O3S2. The van der Waals surface area contributed by atoms with Crippen molar-refractivity contribution in [2.24, 2.45) is 0 Å². The molecule has 0 saturated heterocycles. The molecule has 0 saturated carbocycles. The first-order chi connectivity index (χ1) is 9.88. The Bertz CT molecular complexity index is 744. The van der Waals surface area contributed by atoms with Crippen LogP contribution in [-0.4, -0.2) is 29.6 Å². The maximum Gasteiger partial charge on any atom is 0.304 e. The van der Waals surface area contributed by atoms with Gasteiger partial charge in [-0.1, -0.05) is 25.2 Å². The Morgan fingerprint density at radius 2 is 2.14 bits per heavy atom. The number of aromatic amines is 2. The van der Waals surface area contributed by atoms with Crippen molar-refractivity contribution in [3.63, 3.8) is 0 Å². The SMILES string of the molecule is CC(C)NCc1cn[nH]c1S(=O)(=O)NCc1csc(=O)[nH]1. The molecule has 10 heteroatoms. The van der Waals surface area contributed by atoms with Crippen molar-refractivity contribution in [2.45, 2.75) is 38.0 Å². The van der Waals surface area contributed by atoms with E-state index < -0.39 is 10.0 Å². The summed E-state index contributed by atoms with van der Waals surface area (Å²) < 4.78 is 26.9. The van der Waals surface area contributed by atoms with Gasteiger partial charge in [-0.05, 0) is 0 Å². The second kappa shape index (κ2) is 6.52. The number of nitrogens with one attached hydrogen (secondary N) is 4. The van der Waals surface area contributed by atoms with E-state index in [-0.39, 0.29) is 22.5 Å². The summed E-state index contributed by atoms with van der Waals surface area (Å²) in [5.41, 5.74) is 1.09. The molecule has 0 atom stereocenters. The number of hydrogen-bond donors (Lipinski definition) is 4. The molecule has 0 aliphatic rings. The van der Waals surface area contributed by atoms with Crippen molar-refractivity contribution in [3.05, 3.63) is 32.5 Å². The predicted molar refractivity (Wildman–Crippen MR) is 79.5 cm³/mol. The van der Waals surface area contributed by atoms with Crippen LogP contribution in [0.3, 0.4) is 0 Å². The Morgan fingerprint density at radius 3 is 2.76 bits per heavy atom. The molecule has 2 aromatic rings. The number of H-pyrrole nitrogens is 2. The number of thiazole rings is 1. The molecule has 2 aromatic heterocycles. The lowest BCUT2D eigenvalue weighted by atomic mass is 10.3. The second-order valence-electron chi connectivity index (χ2n) is 4.76. The molecule has 0 amide bonds. The van der Waals surface area contributed by atoms with Crippen LogP contribution >= 0.6 is 11.3 Å². The van der Waals surface area contributed by atoms with Gasteiger partial charge >= 0.3 is 4.87 Å². The molecular weight excluding hydrogens is 314 g/mol. The van der Waals surface area contributed by atoms with E-state index in [0.29, 0.717) is 17.8 Å². The van der Waals surface area contributed by atoms with Crippen molar-refractivity contribution < 1.29 is 8.42 Å². The fourth-order valence-corrected chi connectivity index (χ4v) is 3.33. The van der Waals surface area contributed by atoms with Gasteiger partial charge in [0.05, 0.1) is 12.7 Å². The normalized spacial score (nSPS) is 12.1. The van der Waals surface area contributed by atoms with Crippen LogP contribution in [0.4, 0.5) is 0 Å². The molecule has 21 heavy (non-hydrogen) atoms. The van der Waals surface area contributed by atoms with Crippen LogP contribution in [-0.2, 0) is 23.1 Å². The smallest absolute Gasteiger partial charge is 0.304 e. The van der Waals surface area contributed by atoms with Gasteiger partial charge < -0.3 is 10.3 Å². The molecule has 8 nitrogen and oxygen atoms in total. The Labute approximate surface area is 126 Å². The fourth-order valence-electron chi connectivity index (χ4n) is 1.62. The molecule has 2 rings (SSSR count). The fraction of sp³-hybridized carbons (Fsp3) is 0.455. The van der Waals surface area contributed by atoms with E-state index >= 15 is 0 Å². The zero-order chi connectivity index (χ0) is 15.5. The maximum atomic E-state index is 12.2. The molecule has 0 unspecified atom stereocenters. The molecule has 2 heterocycles. The van der Waals surface area contributed by atoms with E-state index in [0.717, 1.165) is 11.3 Å². The quantitative estimate of drug-likeness (QED) is 0.575. The summed E-state index contributed by atoms with van der Waals surface area (Å²) in [6.45, 7) is 4.37. The monoisotopic (exact) mass is 331 g/mol. The summed E-state index contributed by atoms with van der Waals surface area (Å²) in [4.78, 5) is 13.3. The Hall–Kier alpha value is -1.49. The number of hydrogen-bond acceptors (Lipinski definition) is 6. The summed E-state index contributed by atoms with van der Waals surface area (Å²) in [6.07, 6.45) is 1.48. The molecule has 0 spiro atoms. The predicted octanol–water partition coefficient (Wildman–Crippen LogP) is 0.136. The number of nitrogens with zero attached hydrogens (tertiary/aromatic N) is 1. The van der Waals surface area contributed by atoms with E-state index in [9.17, 15) is 13.2 Å². The minimum absolute atomic E-state index is 0.0249. The molecule has 0 bridgehead atoms. The minimum atomic E-state index is -3.71. The summed E-state index contributed by atoms with van der Waals surface area (Å²) in [7, 11) is -3.71. The lowest BCUT2D eigenvalue weighted by molar-refractivity contribution is 0.564. The van der Waals surface area contributed by atoms with Crippen molar-refractivity contribution in [1.29, 1.82) is 0 Å². The second-order valence-corrected chi connectivity index (χ2v) is 7.30. The van der Waals surface area contributed by atoms with E-state index in [1.807, 2.05) is 13.8 Å². The topological polar surface area (TPSA) is 120 Å². The lowest BCUT2D eigenvalue weighted by Crippen LogP contribution is -2.27. The minimum Gasteiger partial charge on any atom is -0.315 e. The van der Waals surface area contributed by atoms with Crippen molar-refractivity contribution in [1.82, 2.24) is 25.2 Å². The average Bonchev–Trinajstić information content (AvgIpc) is 3.03. The number of aromatic nitrogens is 3. The summed E-state index contributed by atoms with van der Waals surface area (Å²) in [5.74, 6) is 0. The molecule has 0 aliphatic carbocycles. The van der Waals surface area contributed by atoms with Crippen LogP contribution in [0.25, 0.3) is 0 Å². The van der Waals surface area contributed by atoms with Crippen molar-refractivity contribution >= 4 is 21.4 Å².